The van der Waals surface area contributed by atoms with Crippen LogP contribution < -0.4 is 4.74 Å². The third-order valence-electron chi connectivity index (χ3n) is 2.92. The van der Waals surface area contributed by atoms with Crippen molar-refractivity contribution in [3.05, 3.63) is 35.3 Å². The minimum atomic E-state index is -1.18. The zero-order valence-electron chi connectivity index (χ0n) is 11.4. The number of fused-ring (bicyclic) bond motifs is 1. The number of aryl methyl sites for hydroxylation is 1. The summed E-state index contributed by atoms with van der Waals surface area (Å²) in [5, 5.41) is 9.58. The zero-order valence-corrected chi connectivity index (χ0v) is 12.2. The summed E-state index contributed by atoms with van der Waals surface area (Å²) in [7, 11) is 0. The number of carboxylic acids is 1. The number of thioether (sulfide) groups is 1. The molecule has 1 heterocycles. The molecule has 0 aliphatic heterocycles. The number of aliphatic carboxylic acids is 1. The maximum Gasteiger partial charge on any atom is 0.355 e. The van der Waals surface area contributed by atoms with Crippen molar-refractivity contribution < 1.29 is 19.0 Å². The highest BCUT2D eigenvalue weighted by atomic mass is 32.2. The van der Waals surface area contributed by atoms with Crippen LogP contribution in [0, 0.1) is 25.1 Å². The van der Waals surface area contributed by atoms with E-state index in [0.717, 1.165) is 11.8 Å². The Bertz CT molecular complexity index is 755. The number of ether oxygens (including phenoxy) is 1. The van der Waals surface area contributed by atoms with Crippen molar-refractivity contribution in [1.82, 2.24) is 4.98 Å². The van der Waals surface area contributed by atoms with Gasteiger partial charge in [-0.1, -0.05) is 5.92 Å². The van der Waals surface area contributed by atoms with E-state index in [0.29, 0.717) is 16.5 Å². The van der Waals surface area contributed by atoms with Gasteiger partial charge in [0.05, 0.1) is 5.52 Å². The molecule has 108 valence electrons. The summed E-state index contributed by atoms with van der Waals surface area (Å²) in [4.78, 5) is 15.1. The summed E-state index contributed by atoms with van der Waals surface area (Å²) in [5.41, 5.74) is 0.130. The lowest BCUT2D eigenvalue weighted by Crippen LogP contribution is -2.23. The van der Waals surface area contributed by atoms with E-state index in [1.165, 1.54) is 12.3 Å². The van der Waals surface area contributed by atoms with Gasteiger partial charge in [0.25, 0.3) is 0 Å². The number of aromatic nitrogens is 1. The number of carboxylic acid groups (broad SMARTS) is 1. The van der Waals surface area contributed by atoms with Gasteiger partial charge in [0.1, 0.15) is 0 Å². The number of halogens is 1. The first-order valence-corrected chi connectivity index (χ1v) is 7.24. The van der Waals surface area contributed by atoms with Gasteiger partial charge in [-0.15, -0.1) is 18.2 Å². The number of terminal acetylenes is 1. The minimum Gasteiger partial charge on any atom is -0.478 e. The molecule has 1 aromatic heterocycles. The fourth-order valence-corrected chi connectivity index (χ4v) is 2.28. The molecule has 6 heteroatoms. The van der Waals surface area contributed by atoms with Crippen LogP contribution in [0.1, 0.15) is 11.1 Å². The van der Waals surface area contributed by atoms with Crippen LogP contribution in [0.4, 0.5) is 4.39 Å². The summed E-state index contributed by atoms with van der Waals surface area (Å²) in [5.74, 6) is 0.528. The van der Waals surface area contributed by atoms with Crippen LogP contribution in [0.25, 0.3) is 10.9 Å². The van der Waals surface area contributed by atoms with Gasteiger partial charge >= 0.3 is 5.97 Å². The predicted octanol–water partition coefficient (Wildman–Crippen LogP) is 2.82. The fourth-order valence-electron chi connectivity index (χ4n) is 1.88. The molecule has 0 fully saturated rings. The first-order chi connectivity index (χ1) is 9.97. The van der Waals surface area contributed by atoms with Crippen molar-refractivity contribution >= 4 is 28.6 Å². The second-order valence-corrected chi connectivity index (χ2v) is 5.18. The van der Waals surface area contributed by atoms with Gasteiger partial charge in [-0.25, -0.2) is 9.18 Å². The molecule has 0 radical (unpaired) electrons. The molecular weight excluding hydrogens is 293 g/mol. The first-order valence-electron chi connectivity index (χ1n) is 5.95. The highest BCUT2D eigenvalue weighted by Gasteiger charge is 2.21. The highest BCUT2D eigenvalue weighted by Crippen LogP contribution is 2.30. The molecule has 0 spiro atoms. The monoisotopic (exact) mass is 305 g/mol. The number of nitrogens with zero attached hydrogens (tertiary/aromatic N) is 1. The number of pyridine rings is 1. The molecule has 4 nitrogen and oxygen atoms in total. The lowest BCUT2D eigenvalue weighted by molar-refractivity contribution is -0.140. The van der Waals surface area contributed by atoms with E-state index in [9.17, 15) is 9.18 Å². The van der Waals surface area contributed by atoms with Crippen LogP contribution in [0.3, 0.4) is 0 Å². The van der Waals surface area contributed by atoms with Crippen LogP contribution in [-0.2, 0) is 4.79 Å². The number of rotatable bonds is 4. The Morgan fingerprint density at radius 3 is 2.86 bits per heavy atom. The van der Waals surface area contributed by atoms with E-state index in [4.69, 9.17) is 16.3 Å². The molecule has 1 unspecified atom stereocenters. The summed E-state index contributed by atoms with van der Waals surface area (Å²) in [6.07, 6.45) is 8.37. The van der Waals surface area contributed by atoms with E-state index in [2.05, 4.69) is 10.9 Å². The molecule has 21 heavy (non-hydrogen) atoms. The Balaban J connectivity index is 2.56. The quantitative estimate of drug-likeness (QED) is 0.695. The van der Waals surface area contributed by atoms with E-state index < -0.39 is 17.2 Å². The Morgan fingerprint density at radius 1 is 1.57 bits per heavy atom. The molecular formula is C15H12FNO3S. The molecule has 0 saturated heterocycles. The molecule has 0 saturated carbocycles. The van der Waals surface area contributed by atoms with E-state index >= 15 is 0 Å². The predicted molar refractivity (Wildman–Crippen MR) is 79.9 cm³/mol. The molecule has 1 aromatic carbocycles. The number of hydrogen-bond acceptors (Lipinski definition) is 4. The van der Waals surface area contributed by atoms with Gasteiger partial charge < -0.3 is 9.84 Å². The van der Waals surface area contributed by atoms with Gasteiger partial charge in [0.15, 0.2) is 11.6 Å². The van der Waals surface area contributed by atoms with Gasteiger partial charge in [0, 0.05) is 22.7 Å². The molecule has 1 N–H and O–H groups in total. The standard InChI is InChI=1S/C15H12FNO3S/c1-4-9-5-10-6-11(20-15(21-3)14(18)19)12(16)8(2)13(10)17-7-9/h1,5-7,15H,2-3H3,(H,18,19). The van der Waals surface area contributed by atoms with Crippen molar-refractivity contribution in [3.8, 4) is 18.1 Å². The molecule has 2 rings (SSSR count). The van der Waals surface area contributed by atoms with E-state index in [1.54, 1.807) is 19.2 Å². The molecule has 0 amide bonds. The minimum absolute atomic E-state index is 0.127. The van der Waals surface area contributed by atoms with Crippen LogP contribution >= 0.6 is 11.8 Å². The normalized spacial score (nSPS) is 11.9. The van der Waals surface area contributed by atoms with E-state index in [-0.39, 0.29) is 11.3 Å². The smallest absolute Gasteiger partial charge is 0.355 e. The van der Waals surface area contributed by atoms with Gasteiger partial charge in [-0.05, 0) is 25.3 Å². The highest BCUT2D eigenvalue weighted by molar-refractivity contribution is 7.99. The molecule has 1 atom stereocenters. The Morgan fingerprint density at radius 2 is 2.29 bits per heavy atom. The van der Waals surface area contributed by atoms with Gasteiger partial charge in [-0.3, -0.25) is 4.98 Å². The zero-order chi connectivity index (χ0) is 15.6. The third-order valence-corrected chi connectivity index (χ3v) is 3.65. The number of hydrogen-bond donors (Lipinski definition) is 1. The second kappa shape index (κ2) is 6.02. The summed E-state index contributed by atoms with van der Waals surface area (Å²) in [6.45, 7) is 1.56. The maximum absolute atomic E-state index is 14.3. The van der Waals surface area contributed by atoms with Crippen LogP contribution in [0.5, 0.6) is 5.75 Å². The van der Waals surface area contributed by atoms with Crippen molar-refractivity contribution in [2.24, 2.45) is 0 Å². The summed E-state index contributed by atoms with van der Waals surface area (Å²) >= 11 is 0.964. The van der Waals surface area contributed by atoms with Crippen LogP contribution in [-0.4, -0.2) is 27.8 Å². The van der Waals surface area contributed by atoms with Crippen LogP contribution in [0.2, 0.25) is 0 Å². The summed E-state index contributed by atoms with van der Waals surface area (Å²) in [6, 6.07) is 3.09. The molecule has 0 bridgehead atoms. The number of benzene rings is 1. The van der Waals surface area contributed by atoms with Crippen molar-refractivity contribution in [2.75, 3.05) is 6.26 Å². The Labute approximate surface area is 125 Å². The van der Waals surface area contributed by atoms with Gasteiger partial charge in [-0.2, -0.15) is 0 Å². The van der Waals surface area contributed by atoms with Crippen LogP contribution in [0.15, 0.2) is 18.3 Å². The largest absolute Gasteiger partial charge is 0.478 e. The fraction of sp³-hybridized carbons (Fsp3) is 0.200. The number of carbonyl (C=O) groups is 1. The average Bonchev–Trinajstić information content (AvgIpc) is 2.48. The molecule has 2 aromatic rings. The average molecular weight is 305 g/mol. The summed E-state index contributed by atoms with van der Waals surface area (Å²) < 4.78 is 19.5. The van der Waals surface area contributed by atoms with Crippen molar-refractivity contribution in [3.63, 3.8) is 0 Å². The SMILES string of the molecule is C#Cc1cnc2c(C)c(F)c(OC(SC)C(=O)O)cc2c1. The van der Waals surface area contributed by atoms with Gasteiger partial charge in [0.2, 0.25) is 5.44 Å². The first kappa shape index (κ1) is 15.1. The lowest BCUT2D eigenvalue weighted by atomic mass is 10.1. The topological polar surface area (TPSA) is 59.4 Å². The lowest BCUT2D eigenvalue weighted by Gasteiger charge is -2.15. The Hall–Kier alpha value is -2.26. The second-order valence-electron chi connectivity index (χ2n) is 4.28. The maximum atomic E-state index is 14.3. The van der Waals surface area contributed by atoms with E-state index in [1.807, 2.05) is 0 Å². The van der Waals surface area contributed by atoms with Crippen molar-refractivity contribution in [1.29, 1.82) is 0 Å². The molecule has 0 aliphatic rings. The third kappa shape index (κ3) is 2.93. The Kier molecular flexibility index (Phi) is 4.34. The molecule has 0 aliphatic carbocycles. The van der Waals surface area contributed by atoms with Crippen molar-refractivity contribution in [2.45, 2.75) is 12.4 Å².